The number of benzene rings is 1. The van der Waals surface area contributed by atoms with Crippen LogP contribution in [-0.2, 0) is 9.53 Å². The molecule has 0 radical (unpaired) electrons. The van der Waals surface area contributed by atoms with E-state index in [1.54, 1.807) is 0 Å². The monoisotopic (exact) mass is 317 g/mol. The molecule has 122 valence electrons. The molecule has 2 aliphatic rings. The van der Waals surface area contributed by atoms with E-state index in [2.05, 4.69) is 5.32 Å². The fraction of sp³-hybridized carbons (Fsp3) is 0.438. The summed E-state index contributed by atoms with van der Waals surface area (Å²) in [4.78, 5) is 37.1. The van der Waals surface area contributed by atoms with Crippen molar-refractivity contribution in [1.29, 1.82) is 0 Å². The van der Waals surface area contributed by atoms with Gasteiger partial charge in [0.2, 0.25) is 0 Å². The second-order valence-corrected chi connectivity index (χ2v) is 6.10. The van der Waals surface area contributed by atoms with Gasteiger partial charge in [0.1, 0.15) is 11.6 Å². The Morgan fingerprint density at radius 2 is 1.87 bits per heavy atom. The standard InChI is InChI=1S/C16H19N3O4/c1-10-2-4-11(5-3-10)19-15(22)18-13(20)16(19)8-6-12(7-9-16)23-14(17)21/h2-5,12H,6-9H2,1H3,(H2,17,21)(H,18,20,22). The van der Waals surface area contributed by atoms with E-state index < -0.39 is 17.7 Å². The molecule has 0 aromatic heterocycles. The smallest absolute Gasteiger partial charge is 0.404 e. The Kier molecular flexibility index (Phi) is 3.71. The molecule has 7 heteroatoms. The van der Waals surface area contributed by atoms with Gasteiger partial charge in [-0.25, -0.2) is 9.59 Å². The van der Waals surface area contributed by atoms with Crippen LogP contribution in [0.3, 0.4) is 0 Å². The fourth-order valence-electron chi connectivity index (χ4n) is 3.43. The molecule has 1 saturated carbocycles. The van der Waals surface area contributed by atoms with Crippen molar-refractivity contribution in [2.24, 2.45) is 5.73 Å². The highest BCUT2D eigenvalue weighted by Gasteiger charge is 2.55. The van der Waals surface area contributed by atoms with E-state index in [1.165, 1.54) is 4.90 Å². The molecule has 2 fully saturated rings. The molecule has 23 heavy (non-hydrogen) atoms. The van der Waals surface area contributed by atoms with Crippen molar-refractivity contribution in [1.82, 2.24) is 5.32 Å². The summed E-state index contributed by atoms with van der Waals surface area (Å²) < 4.78 is 5.02. The number of nitrogens with one attached hydrogen (secondary N) is 1. The number of ether oxygens (including phenoxy) is 1. The minimum Gasteiger partial charge on any atom is -0.446 e. The Balaban J connectivity index is 1.87. The topological polar surface area (TPSA) is 102 Å². The number of urea groups is 1. The maximum absolute atomic E-state index is 12.4. The average Bonchev–Trinajstić information content (AvgIpc) is 2.73. The molecule has 1 saturated heterocycles. The molecule has 3 rings (SSSR count). The number of carbonyl (C=O) groups excluding carboxylic acids is 3. The molecule has 1 heterocycles. The Bertz CT molecular complexity index is 648. The molecular weight excluding hydrogens is 298 g/mol. The minimum absolute atomic E-state index is 0.291. The summed E-state index contributed by atoms with van der Waals surface area (Å²) in [7, 11) is 0. The van der Waals surface area contributed by atoms with Crippen LogP contribution in [0.25, 0.3) is 0 Å². The van der Waals surface area contributed by atoms with Crippen molar-refractivity contribution < 1.29 is 19.1 Å². The van der Waals surface area contributed by atoms with Crippen LogP contribution >= 0.6 is 0 Å². The SMILES string of the molecule is Cc1ccc(N2C(=O)NC(=O)C23CCC(OC(N)=O)CC3)cc1. The molecule has 3 N–H and O–H groups in total. The van der Waals surface area contributed by atoms with Gasteiger partial charge >= 0.3 is 12.1 Å². The maximum atomic E-state index is 12.4. The highest BCUT2D eigenvalue weighted by atomic mass is 16.6. The fourth-order valence-corrected chi connectivity index (χ4v) is 3.43. The van der Waals surface area contributed by atoms with Crippen LogP contribution in [0.1, 0.15) is 31.2 Å². The molecule has 4 amide bonds. The lowest BCUT2D eigenvalue weighted by molar-refractivity contribution is -0.125. The number of primary amides is 1. The number of hydrogen-bond donors (Lipinski definition) is 2. The van der Waals surface area contributed by atoms with Gasteiger partial charge in [-0.3, -0.25) is 15.0 Å². The van der Waals surface area contributed by atoms with E-state index in [0.717, 1.165) is 5.56 Å². The summed E-state index contributed by atoms with van der Waals surface area (Å²) in [6, 6.07) is 7.07. The van der Waals surface area contributed by atoms with Crippen molar-refractivity contribution in [2.75, 3.05) is 4.90 Å². The van der Waals surface area contributed by atoms with Crippen LogP contribution in [-0.4, -0.2) is 29.7 Å². The van der Waals surface area contributed by atoms with E-state index >= 15 is 0 Å². The predicted octanol–water partition coefficient (Wildman–Crippen LogP) is 1.83. The lowest BCUT2D eigenvalue weighted by Crippen LogP contribution is -2.53. The first-order valence-electron chi connectivity index (χ1n) is 7.61. The quantitative estimate of drug-likeness (QED) is 0.812. The van der Waals surface area contributed by atoms with Crippen molar-refractivity contribution in [3.05, 3.63) is 29.8 Å². The van der Waals surface area contributed by atoms with Crippen LogP contribution in [0.15, 0.2) is 24.3 Å². The van der Waals surface area contributed by atoms with Crippen molar-refractivity contribution in [3.8, 4) is 0 Å². The summed E-state index contributed by atoms with van der Waals surface area (Å²) in [6.45, 7) is 1.96. The third-order valence-corrected chi connectivity index (χ3v) is 4.61. The number of imide groups is 1. The predicted molar refractivity (Wildman–Crippen MR) is 82.9 cm³/mol. The first-order valence-corrected chi connectivity index (χ1v) is 7.61. The second kappa shape index (κ2) is 5.57. The average molecular weight is 317 g/mol. The van der Waals surface area contributed by atoms with Gasteiger partial charge in [0.05, 0.1) is 0 Å². The number of hydrogen-bond acceptors (Lipinski definition) is 4. The molecule has 1 aromatic rings. The summed E-state index contributed by atoms with van der Waals surface area (Å²) in [6.07, 6.45) is 0.722. The Morgan fingerprint density at radius 3 is 2.43 bits per heavy atom. The summed E-state index contributed by atoms with van der Waals surface area (Å²) >= 11 is 0. The van der Waals surface area contributed by atoms with Crippen LogP contribution in [0.2, 0.25) is 0 Å². The van der Waals surface area contributed by atoms with E-state index in [9.17, 15) is 14.4 Å². The molecule has 0 bridgehead atoms. The van der Waals surface area contributed by atoms with Crippen molar-refractivity contribution in [3.63, 3.8) is 0 Å². The van der Waals surface area contributed by atoms with Gasteiger partial charge in [0, 0.05) is 5.69 Å². The zero-order valence-corrected chi connectivity index (χ0v) is 12.9. The number of rotatable bonds is 2. The first kappa shape index (κ1) is 15.3. The molecule has 0 unspecified atom stereocenters. The van der Waals surface area contributed by atoms with Crippen molar-refractivity contribution in [2.45, 2.75) is 44.2 Å². The normalized spacial score (nSPS) is 27.2. The van der Waals surface area contributed by atoms with Gasteiger partial charge in [-0.15, -0.1) is 0 Å². The van der Waals surface area contributed by atoms with Crippen LogP contribution in [0.4, 0.5) is 15.3 Å². The van der Waals surface area contributed by atoms with Gasteiger partial charge in [-0.1, -0.05) is 17.7 Å². The zero-order chi connectivity index (χ0) is 16.6. The lowest BCUT2D eigenvalue weighted by Gasteiger charge is -2.40. The zero-order valence-electron chi connectivity index (χ0n) is 12.9. The molecule has 1 aliphatic carbocycles. The summed E-state index contributed by atoms with van der Waals surface area (Å²) in [5.41, 5.74) is 5.90. The van der Waals surface area contributed by atoms with Gasteiger partial charge < -0.3 is 10.5 Å². The van der Waals surface area contributed by atoms with Crippen LogP contribution in [0, 0.1) is 6.92 Å². The number of nitrogens with zero attached hydrogens (tertiary/aromatic N) is 1. The van der Waals surface area contributed by atoms with Gasteiger partial charge in [0.25, 0.3) is 5.91 Å². The van der Waals surface area contributed by atoms with Gasteiger partial charge in [0.15, 0.2) is 0 Å². The van der Waals surface area contributed by atoms with E-state index in [0.29, 0.717) is 31.4 Å². The van der Waals surface area contributed by atoms with Crippen LogP contribution in [0.5, 0.6) is 0 Å². The van der Waals surface area contributed by atoms with E-state index in [4.69, 9.17) is 10.5 Å². The highest BCUT2D eigenvalue weighted by molar-refractivity contribution is 6.17. The Labute approximate surface area is 133 Å². The molecule has 0 atom stereocenters. The van der Waals surface area contributed by atoms with Gasteiger partial charge in [-0.2, -0.15) is 0 Å². The maximum Gasteiger partial charge on any atom is 0.404 e. The van der Waals surface area contributed by atoms with Crippen LogP contribution < -0.4 is 16.0 Å². The highest BCUT2D eigenvalue weighted by Crippen LogP contribution is 2.40. The largest absolute Gasteiger partial charge is 0.446 e. The van der Waals surface area contributed by atoms with Crippen molar-refractivity contribution >= 4 is 23.7 Å². The summed E-state index contributed by atoms with van der Waals surface area (Å²) in [5.74, 6) is -0.291. The third kappa shape index (κ3) is 2.62. The first-order chi connectivity index (χ1) is 10.9. The molecule has 7 nitrogen and oxygen atoms in total. The second-order valence-electron chi connectivity index (χ2n) is 6.10. The lowest BCUT2D eigenvalue weighted by atomic mass is 9.79. The number of anilines is 1. The molecular formula is C16H19N3O4. The minimum atomic E-state index is -0.913. The number of aryl methyl sites for hydroxylation is 1. The molecule has 1 aliphatic heterocycles. The van der Waals surface area contributed by atoms with E-state index in [1.807, 2.05) is 31.2 Å². The molecule has 1 spiro atoms. The van der Waals surface area contributed by atoms with E-state index in [-0.39, 0.29) is 12.0 Å². The number of carbonyl (C=O) groups is 3. The number of nitrogens with two attached hydrogens (primary N) is 1. The van der Waals surface area contributed by atoms with Gasteiger partial charge in [-0.05, 0) is 44.7 Å². The molecule has 1 aromatic carbocycles. The Hall–Kier alpha value is -2.57. The Morgan fingerprint density at radius 1 is 1.26 bits per heavy atom. The number of amides is 4. The third-order valence-electron chi connectivity index (χ3n) is 4.61. The summed E-state index contributed by atoms with van der Waals surface area (Å²) in [5, 5.41) is 2.41.